The fraction of sp³-hybridized carbons (Fsp3) is 0.455. The maximum Gasteiger partial charge on any atom is 0.490 e. The molecule has 1 aromatic carbocycles. The minimum Gasteiger partial charge on any atom is -0.475 e. The highest BCUT2D eigenvalue weighted by molar-refractivity contribution is 6.23. The molecule has 2 fully saturated rings. The van der Waals surface area contributed by atoms with Crippen molar-refractivity contribution in [2.75, 3.05) is 11.9 Å². The second-order valence-electron chi connectivity index (χ2n) is 8.80. The number of alkyl halides is 3. The second kappa shape index (κ2) is 10.0. The molecule has 2 aliphatic heterocycles. The number of anilines is 1. The SMILES string of the molecule is CC1(NCCC(=O)Nc2ccc3c(c2)C(=O)N(C2CCC(=O)NC2=O)C3=O)CC1.O=C(O)C(F)(F)F. The van der Waals surface area contributed by atoms with Crippen LogP contribution in [0.15, 0.2) is 18.2 Å². The number of nitrogens with zero attached hydrogens (tertiary/aromatic N) is 1. The number of benzene rings is 1. The van der Waals surface area contributed by atoms with Crippen molar-refractivity contribution >= 4 is 41.2 Å². The molecular weight excluding hydrogens is 489 g/mol. The highest BCUT2D eigenvalue weighted by Crippen LogP contribution is 2.34. The van der Waals surface area contributed by atoms with Crippen LogP contribution in [0.3, 0.4) is 0 Å². The monoisotopic (exact) mass is 512 g/mol. The first kappa shape index (κ1) is 26.8. The smallest absolute Gasteiger partial charge is 0.475 e. The highest BCUT2D eigenvalue weighted by atomic mass is 19.4. The van der Waals surface area contributed by atoms with Gasteiger partial charge >= 0.3 is 12.1 Å². The zero-order chi connectivity index (χ0) is 26.8. The number of piperidine rings is 1. The Bertz CT molecular complexity index is 1130. The van der Waals surface area contributed by atoms with Crippen molar-refractivity contribution in [3.8, 4) is 0 Å². The zero-order valence-corrected chi connectivity index (χ0v) is 19.0. The van der Waals surface area contributed by atoms with E-state index >= 15 is 0 Å². The molecule has 1 saturated heterocycles. The summed E-state index contributed by atoms with van der Waals surface area (Å²) in [4.78, 5) is 70.8. The van der Waals surface area contributed by atoms with Crippen molar-refractivity contribution < 1.29 is 47.0 Å². The van der Waals surface area contributed by atoms with Gasteiger partial charge in [0.1, 0.15) is 6.04 Å². The fourth-order valence-electron chi connectivity index (χ4n) is 3.61. The molecule has 1 aliphatic carbocycles. The number of halogens is 3. The van der Waals surface area contributed by atoms with Crippen LogP contribution >= 0.6 is 0 Å². The quantitative estimate of drug-likeness (QED) is 0.413. The lowest BCUT2D eigenvalue weighted by atomic mass is 10.0. The van der Waals surface area contributed by atoms with E-state index in [1.165, 1.54) is 12.1 Å². The van der Waals surface area contributed by atoms with Gasteiger partial charge in [0.05, 0.1) is 11.1 Å². The molecule has 1 unspecified atom stereocenters. The maximum absolute atomic E-state index is 12.8. The number of fused-ring (bicyclic) bond motifs is 1. The van der Waals surface area contributed by atoms with Gasteiger partial charge in [-0.05, 0) is 44.4 Å². The van der Waals surface area contributed by atoms with Crippen LogP contribution in [-0.2, 0) is 19.2 Å². The molecule has 1 saturated carbocycles. The summed E-state index contributed by atoms with van der Waals surface area (Å²) in [5.41, 5.74) is 0.889. The first-order valence-corrected chi connectivity index (χ1v) is 10.9. The largest absolute Gasteiger partial charge is 0.490 e. The van der Waals surface area contributed by atoms with Crippen LogP contribution in [0.25, 0.3) is 0 Å². The predicted molar refractivity (Wildman–Crippen MR) is 116 cm³/mol. The third-order valence-electron chi connectivity index (χ3n) is 5.87. The molecule has 5 amide bonds. The molecule has 3 aliphatic rings. The van der Waals surface area contributed by atoms with Crippen molar-refractivity contribution in [1.29, 1.82) is 0 Å². The minimum absolute atomic E-state index is 0.0677. The van der Waals surface area contributed by atoms with Gasteiger partial charge in [-0.15, -0.1) is 0 Å². The summed E-state index contributed by atoms with van der Waals surface area (Å²) in [7, 11) is 0. The molecule has 4 N–H and O–H groups in total. The molecule has 4 rings (SSSR count). The minimum atomic E-state index is -5.08. The van der Waals surface area contributed by atoms with E-state index in [9.17, 15) is 37.1 Å². The van der Waals surface area contributed by atoms with E-state index < -0.39 is 41.8 Å². The van der Waals surface area contributed by atoms with Crippen molar-refractivity contribution in [2.24, 2.45) is 0 Å². The number of rotatable bonds is 6. The molecule has 14 heteroatoms. The number of aliphatic carboxylic acids is 1. The number of hydrogen-bond acceptors (Lipinski definition) is 7. The summed E-state index contributed by atoms with van der Waals surface area (Å²) < 4.78 is 31.7. The molecule has 0 bridgehead atoms. The summed E-state index contributed by atoms with van der Waals surface area (Å²) in [6.45, 7) is 2.68. The molecule has 2 heterocycles. The number of nitrogens with one attached hydrogen (secondary N) is 3. The van der Waals surface area contributed by atoms with Gasteiger partial charge in [0.15, 0.2) is 0 Å². The second-order valence-corrected chi connectivity index (χ2v) is 8.80. The van der Waals surface area contributed by atoms with Gasteiger partial charge in [-0.2, -0.15) is 13.2 Å². The Balaban J connectivity index is 0.000000454. The summed E-state index contributed by atoms with van der Waals surface area (Å²) >= 11 is 0. The molecule has 194 valence electrons. The van der Waals surface area contributed by atoms with E-state index in [0.29, 0.717) is 18.7 Å². The van der Waals surface area contributed by atoms with E-state index in [1.54, 1.807) is 6.07 Å². The van der Waals surface area contributed by atoms with Crippen molar-refractivity contribution in [2.45, 2.75) is 56.8 Å². The van der Waals surface area contributed by atoms with E-state index in [0.717, 1.165) is 17.7 Å². The number of carbonyl (C=O) groups excluding carboxylic acids is 5. The maximum atomic E-state index is 12.8. The summed E-state index contributed by atoms with van der Waals surface area (Å²) in [5, 5.41) is 15.3. The molecule has 11 nitrogen and oxygen atoms in total. The van der Waals surface area contributed by atoms with Gasteiger partial charge in [-0.1, -0.05) is 0 Å². The lowest BCUT2D eigenvalue weighted by Crippen LogP contribution is -2.54. The Morgan fingerprint density at radius 3 is 2.31 bits per heavy atom. The Kier molecular flexibility index (Phi) is 7.48. The molecular formula is C22H23F3N4O7. The number of carbonyl (C=O) groups is 6. The van der Waals surface area contributed by atoms with Crippen LogP contribution in [0.5, 0.6) is 0 Å². The van der Waals surface area contributed by atoms with Crippen LogP contribution in [-0.4, -0.2) is 69.8 Å². The van der Waals surface area contributed by atoms with Gasteiger partial charge in [-0.25, -0.2) is 4.79 Å². The van der Waals surface area contributed by atoms with E-state index in [-0.39, 0.29) is 35.4 Å². The van der Waals surface area contributed by atoms with Gasteiger partial charge < -0.3 is 15.7 Å². The van der Waals surface area contributed by atoms with Crippen LogP contribution in [0.4, 0.5) is 18.9 Å². The van der Waals surface area contributed by atoms with E-state index in [1.807, 2.05) is 0 Å². The predicted octanol–water partition coefficient (Wildman–Crippen LogP) is 1.19. The molecule has 0 spiro atoms. The summed E-state index contributed by atoms with van der Waals surface area (Å²) in [6.07, 6.45) is -2.40. The standard InChI is InChI=1S/C20H22N4O5.C2HF3O2/c1-20(7-8-20)21-9-6-16(26)22-11-2-3-12-13(10-11)19(29)24(18(12)28)14-4-5-15(25)23-17(14)27;3-2(4,5)1(6)7/h2-3,10,14,21H,4-9H2,1H3,(H,22,26)(H,23,25,27);(H,6,7). The van der Waals surface area contributed by atoms with Crippen LogP contribution in [0.2, 0.25) is 0 Å². The average Bonchev–Trinajstić information content (AvgIpc) is 3.46. The molecule has 0 aromatic heterocycles. The first-order chi connectivity index (χ1) is 16.7. The third kappa shape index (κ3) is 6.24. The fourth-order valence-corrected chi connectivity index (χ4v) is 3.61. The number of hydrogen-bond donors (Lipinski definition) is 4. The van der Waals surface area contributed by atoms with Gasteiger partial charge in [0, 0.05) is 30.6 Å². The van der Waals surface area contributed by atoms with Crippen LogP contribution in [0.1, 0.15) is 59.7 Å². The topological polar surface area (TPSA) is 162 Å². The number of carboxylic acids is 1. The lowest BCUT2D eigenvalue weighted by molar-refractivity contribution is -0.192. The van der Waals surface area contributed by atoms with Crippen molar-refractivity contribution in [1.82, 2.24) is 15.5 Å². The molecule has 1 atom stereocenters. The normalized spacial score (nSPS) is 20.2. The highest BCUT2D eigenvalue weighted by Gasteiger charge is 2.44. The Morgan fingerprint density at radius 1 is 1.14 bits per heavy atom. The molecule has 1 aromatic rings. The van der Waals surface area contributed by atoms with E-state index in [4.69, 9.17) is 9.90 Å². The third-order valence-corrected chi connectivity index (χ3v) is 5.87. The lowest BCUT2D eigenvalue weighted by Gasteiger charge is -2.27. The first-order valence-electron chi connectivity index (χ1n) is 10.9. The molecule has 0 radical (unpaired) electrons. The Morgan fingerprint density at radius 2 is 1.75 bits per heavy atom. The van der Waals surface area contributed by atoms with Crippen LogP contribution in [0, 0.1) is 0 Å². The zero-order valence-electron chi connectivity index (χ0n) is 19.0. The van der Waals surface area contributed by atoms with Gasteiger partial charge in [0.25, 0.3) is 11.8 Å². The summed E-state index contributed by atoms with van der Waals surface area (Å²) in [6, 6.07) is 3.48. The van der Waals surface area contributed by atoms with Crippen molar-refractivity contribution in [3.63, 3.8) is 0 Å². The molecule has 36 heavy (non-hydrogen) atoms. The number of imide groups is 2. The van der Waals surface area contributed by atoms with Gasteiger partial charge in [-0.3, -0.25) is 34.2 Å². The van der Waals surface area contributed by atoms with Crippen LogP contribution < -0.4 is 16.0 Å². The Hall–Kier alpha value is -3.81. The van der Waals surface area contributed by atoms with E-state index in [2.05, 4.69) is 22.9 Å². The van der Waals surface area contributed by atoms with Crippen molar-refractivity contribution in [3.05, 3.63) is 29.3 Å². The Labute approximate surface area is 202 Å². The average molecular weight is 512 g/mol. The summed E-state index contributed by atoms with van der Waals surface area (Å²) in [5.74, 6) is -5.19. The van der Waals surface area contributed by atoms with Gasteiger partial charge in [0.2, 0.25) is 17.7 Å². The number of amides is 5. The number of carboxylic acid groups (broad SMARTS) is 1.